The molecule has 4 aromatic rings. The van der Waals surface area contributed by atoms with Crippen LogP contribution < -0.4 is 19.3 Å². The summed E-state index contributed by atoms with van der Waals surface area (Å²) in [6, 6.07) is 23.5. The Hall–Kier alpha value is -3.62. The third kappa shape index (κ3) is 5.16. The Morgan fingerprint density at radius 1 is 0.938 bits per heavy atom. The third-order valence-corrected chi connectivity index (χ3v) is 6.20. The molecule has 3 aromatic carbocycles. The summed E-state index contributed by atoms with van der Waals surface area (Å²) in [5.41, 5.74) is 0.764. The molecule has 0 saturated carbocycles. The molecule has 1 heterocycles. The zero-order valence-electron chi connectivity index (χ0n) is 17.5. The highest BCUT2D eigenvalue weighted by atomic mass is 32.2. The Labute approximate surface area is 187 Å². The highest BCUT2D eigenvalue weighted by molar-refractivity contribution is 7.91. The van der Waals surface area contributed by atoms with Crippen LogP contribution in [0.1, 0.15) is 0 Å². The fraction of sp³-hybridized carbons (Fsp3) is 0.125. The minimum atomic E-state index is -3.03. The second-order valence-electron chi connectivity index (χ2n) is 6.85. The van der Waals surface area contributed by atoms with Crippen molar-refractivity contribution >= 4 is 20.8 Å². The van der Waals surface area contributed by atoms with E-state index in [2.05, 4.69) is 9.35 Å². The number of methoxy groups -OCH3 is 1. The van der Waals surface area contributed by atoms with Crippen LogP contribution in [0.2, 0.25) is 0 Å². The molecule has 0 aliphatic heterocycles. The fourth-order valence-corrected chi connectivity index (χ4v) is 4.10. The molecule has 2 N–H and O–H groups in total. The Balaban J connectivity index is 1.44. The number of hydrogen-bond donors (Lipinski definition) is 1. The van der Waals surface area contributed by atoms with Gasteiger partial charge >= 0.3 is 0 Å². The third-order valence-electron chi connectivity index (χ3n) is 4.69. The van der Waals surface area contributed by atoms with Gasteiger partial charge in [-0.2, -0.15) is 0 Å². The summed E-state index contributed by atoms with van der Waals surface area (Å²) in [6.45, 7) is 0.508. The van der Waals surface area contributed by atoms with Crippen LogP contribution in [0.15, 0.2) is 94.3 Å². The summed E-state index contributed by atoms with van der Waals surface area (Å²) in [6.07, 6.45) is 1.68. The van der Waals surface area contributed by atoms with Crippen molar-refractivity contribution in [3.63, 3.8) is 0 Å². The average Bonchev–Trinajstić information content (AvgIpc) is 2.83. The summed E-state index contributed by atoms with van der Waals surface area (Å²) >= 11 is 0. The number of nitrogens with zero attached hydrogens (tertiary/aromatic N) is 2. The first kappa shape index (κ1) is 21.6. The number of benzene rings is 3. The van der Waals surface area contributed by atoms with E-state index in [-0.39, 0.29) is 6.54 Å². The molecule has 1 atom stereocenters. The van der Waals surface area contributed by atoms with E-state index in [9.17, 15) is 4.21 Å². The molecule has 0 aliphatic carbocycles. The predicted molar refractivity (Wildman–Crippen MR) is 125 cm³/mol. The molecule has 1 aromatic heterocycles. The number of pyridine rings is 1. The van der Waals surface area contributed by atoms with Gasteiger partial charge in [0, 0.05) is 17.6 Å². The maximum absolute atomic E-state index is 12.8. The summed E-state index contributed by atoms with van der Waals surface area (Å²) in [4.78, 5) is 4.78. The highest BCUT2D eigenvalue weighted by Crippen LogP contribution is 2.31. The van der Waals surface area contributed by atoms with Crippen molar-refractivity contribution in [1.82, 2.24) is 4.98 Å². The maximum atomic E-state index is 12.8. The maximum Gasteiger partial charge on any atom is 0.138 e. The second-order valence-corrected chi connectivity index (χ2v) is 8.72. The molecule has 0 bridgehead atoms. The fourth-order valence-electron chi connectivity index (χ4n) is 3.07. The van der Waals surface area contributed by atoms with E-state index in [1.165, 1.54) is 0 Å². The molecule has 1 unspecified atom stereocenters. The molecule has 0 radical (unpaired) electrons. The van der Waals surface area contributed by atoms with Crippen LogP contribution in [0.3, 0.4) is 0 Å². The van der Waals surface area contributed by atoms with Gasteiger partial charge in [0.25, 0.3) is 0 Å². The minimum absolute atomic E-state index is 0.217. The first-order chi connectivity index (χ1) is 15.5. The van der Waals surface area contributed by atoms with E-state index in [4.69, 9.17) is 19.3 Å². The van der Waals surface area contributed by atoms with E-state index >= 15 is 0 Å². The minimum Gasteiger partial charge on any atom is -0.497 e. The van der Waals surface area contributed by atoms with Gasteiger partial charge in [0.1, 0.15) is 39.5 Å². The molecular weight excluding hydrogens is 426 g/mol. The Morgan fingerprint density at radius 2 is 1.69 bits per heavy atom. The van der Waals surface area contributed by atoms with Crippen LogP contribution in [0.4, 0.5) is 0 Å². The molecule has 0 saturated heterocycles. The zero-order chi connectivity index (χ0) is 22.4. The number of nitrogens with two attached hydrogens (primary N) is 1. The van der Waals surface area contributed by atoms with Crippen molar-refractivity contribution in [3.8, 4) is 23.0 Å². The van der Waals surface area contributed by atoms with Gasteiger partial charge in [-0.05, 0) is 54.6 Å². The van der Waals surface area contributed by atoms with Gasteiger partial charge in [-0.25, -0.2) is 13.7 Å². The van der Waals surface area contributed by atoms with E-state index in [0.717, 1.165) is 22.4 Å². The van der Waals surface area contributed by atoms with Gasteiger partial charge in [0.15, 0.2) is 0 Å². The van der Waals surface area contributed by atoms with E-state index in [1.54, 1.807) is 43.6 Å². The lowest BCUT2D eigenvalue weighted by Gasteiger charge is -2.11. The van der Waals surface area contributed by atoms with Crippen molar-refractivity contribution in [3.05, 3.63) is 85.1 Å². The summed E-state index contributed by atoms with van der Waals surface area (Å²) in [5, 5.41) is 6.82. The first-order valence-corrected chi connectivity index (χ1v) is 11.5. The SMILES string of the molecule is COc1ccc2c(Oc3ccc(S(N)(=O)=NCCOc4ccccc4)cc3)ccnc2c1. The standard InChI is InChI=1S/C24H23N3O4S/c1-29-20-9-12-22-23(17-20)26-14-13-24(22)31-19-7-10-21(11-8-19)32(25,28)27-15-16-30-18-5-3-2-4-6-18/h2-14,17H,15-16H2,1H3,(H2,25,27,28). The monoisotopic (exact) mass is 449 g/mol. The van der Waals surface area contributed by atoms with E-state index in [1.807, 2.05) is 48.5 Å². The molecule has 0 aliphatic rings. The molecule has 164 valence electrons. The van der Waals surface area contributed by atoms with Gasteiger partial charge < -0.3 is 14.2 Å². The van der Waals surface area contributed by atoms with Crippen molar-refractivity contribution < 1.29 is 18.4 Å². The van der Waals surface area contributed by atoms with Crippen LogP contribution in [0.5, 0.6) is 23.0 Å². The summed E-state index contributed by atoms with van der Waals surface area (Å²) in [5.74, 6) is 2.69. The molecule has 0 fully saturated rings. The molecular formula is C24H23N3O4S. The molecule has 32 heavy (non-hydrogen) atoms. The van der Waals surface area contributed by atoms with E-state index < -0.39 is 9.92 Å². The number of aromatic nitrogens is 1. The number of hydrogen-bond acceptors (Lipinski definition) is 6. The van der Waals surface area contributed by atoms with Crippen molar-refractivity contribution in [1.29, 1.82) is 0 Å². The molecule has 4 rings (SSSR count). The molecule has 0 spiro atoms. The summed E-state index contributed by atoms with van der Waals surface area (Å²) in [7, 11) is -1.42. The van der Waals surface area contributed by atoms with E-state index in [0.29, 0.717) is 23.0 Å². The number of para-hydroxylation sites is 1. The number of fused-ring (bicyclic) bond motifs is 1. The van der Waals surface area contributed by atoms with Gasteiger partial charge in [-0.1, -0.05) is 18.2 Å². The average molecular weight is 450 g/mol. The quantitative estimate of drug-likeness (QED) is 0.389. The highest BCUT2D eigenvalue weighted by Gasteiger charge is 2.09. The topological polar surface area (TPSA) is 96.0 Å². The molecule has 8 heteroatoms. The van der Waals surface area contributed by atoms with Gasteiger partial charge in [-0.15, -0.1) is 0 Å². The smallest absolute Gasteiger partial charge is 0.138 e. The second kappa shape index (κ2) is 9.67. The number of ether oxygens (including phenoxy) is 3. The lowest BCUT2D eigenvalue weighted by molar-refractivity contribution is 0.329. The van der Waals surface area contributed by atoms with Crippen LogP contribution in [0.25, 0.3) is 10.9 Å². The van der Waals surface area contributed by atoms with Gasteiger partial charge in [0.2, 0.25) is 0 Å². The molecule has 0 amide bonds. The van der Waals surface area contributed by atoms with Crippen LogP contribution in [-0.4, -0.2) is 29.5 Å². The largest absolute Gasteiger partial charge is 0.497 e. The predicted octanol–water partition coefficient (Wildman–Crippen LogP) is 4.82. The Morgan fingerprint density at radius 3 is 2.44 bits per heavy atom. The lowest BCUT2D eigenvalue weighted by Crippen LogP contribution is -2.14. The van der Waals surface area contributed by atoms with Crippen LogP contribution in [-0.2, 0) is 9.92 Å². The molecule has 7 nitrogen and oxygen atoms in total. The van der Waals surface area contributed by atoms with Crippen LogP contribution in [0, 0.1) is 0 Å². The summed E-state index contributed by atoms with van der Waals surface area (Å²) < 4.78 is 33.8. The van der Waals surface area contributed by atoms with Crippen molar-refractivity contribution in [2.75, 3.05) is 20.3 Å². The van der Waals surface area contributed by atoms with Gasteiger partial charge in [-0.3, -0.25) is 4.98 Å². The first-order valence-electron chi connectivity index (χ1n) is 9.94. The number of rotatable bonds is 8. The lowest BCUT2D eigenvalue weighted by atomic mass is 10.2. The Kier molecular flexibility index (Phi) is 6.53. The van der Waals surface area contributed by atoms with Crippen molar-refractivity contribution in [2.24, 2.45) is 9.50 Å². The van der Waals surface area contributed by atoms with Crippen LogP contribution >= 0.6 is 0 Å². The van der Waals surface area contributed by atoms with Gasteiger partial charge in [0.05, 0.1) is 24.1 Å². The zero-order valence-corrected chi connectivity index (χ0v) is 18.3. The Bertz CT molecular complexity index is 1320. The van der Waals surface area contributed by atoms with Crippen molar-refractivity contribution in [2.45, 2.75) is 4.90 Å². The normalized spacial score (nSPS) is 12.7.